The van der Waals surface area contributed by atoms with Crippen molar-refractivity contribution in [1.29, 1.82) is 5.26 Å². The standard InChI is InChI=1S/C21H16ClN3O2/c1-27-20-9-8-18(11-19(20)22)25-21(26)16(12-23)13-24-17-7-6-14-4-2-3-5-15(14)10-17/h2-11,13,24H,1H3,(H,25,26)/b16-13-. The minimum absolute atomic E-state index is 0.0601. The van der Waals surface area contributed by atoms with Crippen molar-refractivity contribution in [3.05, 3.63) is 77.5 Å². The van der Waals surface area contributed by atoms with E-state index in [-0.39, 0.29) is 5.57 Å². The van der Waals surface area contributed by atoms with Crippen LogP contribution in [-0.2, 0) is 4.79 Å². The van der Waals surface area contributed by atoms with Gasteiger partial charge in [-0.3, -0.25) is 4.79 Å². The molecular weight excluding hydrogens is 362 g/mol. The van der Waals surface area contributed by atoms with Crippen molar-refractivity contribution < 1.29 is 9.53 Å². The van der Waals surface area contributed by atoms with E-state index in [1.807, 2.05) is 48.5 Å². The van der Waals surface area contributed by atoms with Crippen molar-refractivity contribution >= 4 is 39.7 Å². The van der Waals surface area contributed by atoms with E-state index in [0.29, 0.717) is 16.5 Å². The van der Waals surface area contributed by atoms with E-state index in [1.165, 1.54) is 13.3 Å². The second kappa shape index (κ2) is 8.26. The number of amides is 1. The number of benzene rings is 3. The Hall–Kier alpha value is -3.49. The molecule has 0 radical (unpaired) electrons. The molecule has 3 aromatic rings. The topological polar surface area (TPSA) is 74.1 Å². The summed E-state index contributed by atoms with van der Waals surface area (Å²) in [5.41, 5.74) is 1.19. The van der Waals surface area contributed by atoms with Gasteiger partial charge in [-0.1, -0.05) is 41.9 Å². The number of nitrogens with zero attached hydrogens (tertiary/aromatic N) is 1. The number of methoxy groups -OCH3 is 1. The van der Waals surface area contributed by atoms with Gasteiger partial charge < -0.3 is 15.4 Å². The average Bonchev–Trinajstić information content (AvgIpc) is 2.68. The first kappa shape index (κ1) is 18.3. The maximum absolute atomic E-state index is 12.3. The van der Waals surface area contributed by atoms with E-state index in [4.69, 9.17) is 16.3 Å². The number of carbonyl (C=O) groups is 1. The van der Waals surface area contributed by atoms with Crippen LogP contribution in [0.15, 0.2) is 72.4 Å². The summed E-state index contributed by atoms with van der Waals surface area (Å²) in [6.45, 7) is 0. The highest BCUT2D eigenvalue weighted by atomic mass is 35.5. The molecule has 3 rings (SSSR count). The van der Waals surface area contributed by atoms with Gasteiger partial charge in [0.1, 0.15) is 17.4 Å². The van der Waals surface area contributed by atoms with Crippen molar-refractivity contribution in [1.82, 2.24) is 0 Å². The molecule has 0 spiro atoms. The third kappa shape index (κ3) is 4.38. The zero-order valence-electron chi connectivity index (χ0n) is 14.5. The molecule has 0 aliphatic rings. The van der Waals surface area contributed by atoms with Crippen LogP contribution in [0.1, 0.15) is 0 Å². The second-order valence-corrected chi connectivity index (χ2v) is 6.09. The Labute approximate surface area is 161 Å². The molecule has 0 saturated heterocycles. The summed E-state index contributed by atoms with van der Waals surface area (Å²) < 4.78 is 5.07. The van der Waals surface area contributed by atoms with Gasteiger partial charge in [-0.05, 0) is 41.1 Å². The van der Waals surface area contributed by atoms with Crippen molar-refractivity contribution in [2.75, 3.05) is 17.7 Å². The summed E-state index contributed by atoms with van der Waals surface area (Å²) in [7, 11) is 1.51. The van der Waals surface area contributed by atoms with E-state index in [9.17, 15) is 10.1 Å². The lowest BCUT2D eigenvalue weighted by atomic mass is 10.1. The molecule has 27 heavy (non-hydrogen) atoms. The Kier molecular flexibility index (Phi) is 5.60. The molecule has 0 atom stereocenters. The summed E-state index contributed by atoms with van der Waals surface area (Å²) in [6, 6.07) is 20.5. The van der Waals surface area contributed by atoms with Crippen LogP contribution in [0.4, 0.5) is 11.4 Å². The first-order valence-electron chi connectivity index (χ1n) is 8.11. The lowest BCUT2D eigenvalue weighted by molar-refractivity contribution is -0.112. The van der Waals surface area contributed by atoms with Crippen molar-refractivity contribution in [3.8, 4) is 11.8 Å². The number of ether oxygens (including phenoxy) is 1. The molecule has 2 N–H and O–H groups in total. The summed E-state index contributed by atoms with van der Waals surface area (Å²) in [6.07, 6.45) is 1.38. The summed E-state index contributed by atoms with van der Waals surface area (Å²) >= 11 is 6.05. The SMILES string of the molecule is COc1ccc(NC(=O)/C(C#N)=C\Nc2ccc3ccccc3c2)cc1Cl. The highest BCUT2D eigenvalue weighted by Crippen LogP contribution is 2.27. The van der Waals surface area contributed by atoms with Crippen LogP contribution in [-0.4, -0.2) is 13.0 Å². The number of fused-ring (bicyclic) bond motifs is 1. The molecule has 0 fully saturated rings. The van der Waals surface area contributed by atoms with Crippen molar-refractivity contribution in [2.24, 2.45) is 0 Å². The Morgan fingerprint density at radius 3 is 2.52 bits per heavy atom. The molecule has 0 aliphatic carbocycles. The number of rotatable bonds is 5. The number of hydrogen-bond donors (Lipinski definition) is 2. The van der Waals surface area contributed by atoms with Gasteiger partial charge in [-0.15, -0.1) is 0 Å². The normalized spacial score (nSPS) is 10.9. The second-order valence-electron chi connectivity index (χ2n) is 5.68. The Morgan fingerprint density at radius 2 is 1.81 bits per heavy atom. The third-order valence-corrected chi connectivity index (χ3v) is 4.20. The van der Waals surface area contributed by atoms with E-state index in [0.717, 1.165) is 16.5 Å². The number of nitrogens with one attached hydrogen (secondary N) is 2. The van der Waals surface area contributed by atoms with Crippen LogP contribution in [0, 0.1) is 11.3 Å². The molecule has 134 valence electrons. The van der Waals surface area contributed by atoms with Gasteiger partial charge >= 0.3 is 0 Å². The summed E-state index contributed by atoms with van der Waals surface area (Å²) in [5.74, 6) is -0.0318. The van der Waals surface area contributed by atoms with Crippen LogP contribution in [0.3, 0.4) is 0 Å². The largest absolute Gasteiger partial charge is 0.495 e. The predicted molar refractivity (Wildman–Crippen MR) is 108 cm³/mol. The van der Waals surface area contributed by atoms with Crippen LogP contribution >= 0.6 is 11.6 Å². The molecular formula is C21H16ClN3O2. The third-order valence-electron chi connectivity index (χ3n) is 3.91. The van der Waals surface area contributed by atoms with Gasteiger partial charge in [0.2, 0.25) is 0 Å². The van der Waals surface area contributed by atoms with Gasteiger partial charge in [0.05, 0.1) is 12.1 Å². The van der Waals surface area contributed by atoms with E-state index >= 15 is 0 Å². The molecule has 0 saturated carbocycles. The minimum Gasteiger partial charge on any atom is -0.495 e. The molecule has 0 unspecified atom stereocenters. The molecule has 1 amide bonds. The Bertz CT molecular complexity index is 1070. The van der Waals surface area contributed by atoms with Crippen LogP contribution < -0.4 is 15.4 Å². The van der Waals surface area contributed by atoms with Gasteiger partial charge in [-0.25, -0.2) is 0 Å². The van der Waals surface area contributed by atoms with Crippen LogP contribution in [0.5, 0.6) is 5.75 Å². The molecule has 0 aromatic heterocycles. The van der Waals surface area contributed by atoms with Crippen molar-refractivity contribution in [3.63, 3.8) is 0 Å². The zero-order chi connectivity index (χ0) is 19.2. The van der Waals surface area contributed by atoms with E-state index in [1.54, 1.807) is 18.2 Å². The lowest BCUT2D eigenvalue weighted by Gasteiger charge is -2.08. The fourth-order valence-electron chi connectivity index (χ4n) is 2.53. The first-order chi connectivity index (χ1) is 13.1. The molecule has 6 heteroatoms. The number of halogens is 1. The monoisotopic (exact) mass is 377 g/mol. The first-order valence-corrected chi connectivity index (χ1v) is 8.49. The summed E-state index contributed by atoms with van der Waals surface area (Å²) in [5, 5.41) is 17.5. The zero-order valence-corrected chi connectivity index (χ0v) is 15.2. The van der Waals surface area contributed by atoms with Gasteiger partial charge in [0.15, 0.2) is 0 Å². The van der Waals surface area contributed by atoms with Crippen molar-refractivity contribution in [2.45, 2.75) is 0 Å². The van der Waals surface area contributed by atoms with Crippen LogP contribution in [0.25, 0.3) is 10.8 Å². The molecule has 3 aromatic carbocycles. The van der Waals surface area contributed by atoms with Gasteiger partial charge in [-0.2, -0.15) is 5.26 Å². The maximum Gasteiger partial charge on any atom is 0.267 e. The molecule has 0 heterocycles. The summed E-state index contributed by atoms with van der Waals surface area (Å²) in [4.78, 5) is 12.3. The number of carbonyl (C=O) groups excluding carboxylic acids is 1. The van der Waals surface area contributed by atoms with Gasteiger partial charge in [0.25, 0.3) is 5.91 Å². The van der Waals surface area contributed by atoms with E-state index < -0.39 is 5.91 Å². The van der Waals surface area contributed by atoms with Gasteiger partial charge in [0, 0.05) is 17.6 Å². The van der Waals surface area contributed by atoms with Crippen LogP contribution in [0.2, 0.25) is 5.02 Å². The highest BCUT2D eigenvalue weighted by Gasteiger charge is 2.11. The minimum atomic E-state index is -0.535. The number of nitriles is 1. The average molecular weight is 378 g/mol. The number of hydrogen-bond acceptors (Lipinski definition) is 4. The molecule has 5 nitrogen and oxygen atoms in total. The maximum atomic E-state index is 12.3. The smallest absolute Gasteiger partial charge is 0.267 e. The highest BCUT2D eigenvalue weighted by molar-refractivity contribution is 6.32. The Balaban J connectivity index is 1.73. The molecule has 0 bridgehead atoms. The fourth-order valence-corrected chi connectivity index (χ4v) is 2.78. The van der Waals surface area contributed by atoms with E-state index in [2.05, 4.69) is 10.6 Å². The molecule has 0 aliphatic heterocycles. The quantitative estimate of drug-likeness (QED) is 0.486. The lowest BCUT2D eigenvalue weighted by Crippen LogP contribution is -2.14. The predicted octanol–water partition coefficient (Wildman–Crippen LogP) is 4.96. The Morgan fingerprint density at radius 1 is 1.07 bits per heavy atom. The number of anilines is 2. The fraction of sp³-hybridized carbons (Fsp3) is 0.0476.